The zero-order chi connectivity index (χ0) is 19.5. The van der Waals surface area contributed by atoms with Crippen LogP contribution in [-0.4, -0.2) is 54.6 Å². The Bertz CT molecular complexity index is 827. The summed E-state index contributed by atoms with van der Waals surface area (Å²) in [5, 5.41) is 0.138. The number of rotatable bonds is 4. The number of ether oxygens (including phenoxy) is 1. The molecule has 0 spiro atoms. The quantitative estimate of drug-likeness (QED) is 0.769. The Kier molecular flexibility index (Phi) is 5.95. The second-order valence-corrected chi connectivity index (χ2v) is 7.80. The van der Waals surface area contributed by atoms with Crippen LogP contribution in [0, 0.1) is 5.82 Å². The fourth-order valence-electron chi connectivity index (χ4n) is 4.20. The third-order valence-corrected chi connectivity index (χ3v) is 5.87. The summed E-state index contributed by atoms with van der Waals surface area (Å²) in [5.41, 5.74) is 1.36. The van der Waals surface area contributed by atoms with E-state index in [1.807, 2.05) is 35.2 Å². The maximum atomic E-state index is 13.4. The minimum absolute atomic E-state index is 0.113. The van der Waals surface area contributed by atoms with Crippen LogP contribution in [0.1, 0.15) is 34.8 Å². The summed E-state index contributed by atoms with van der Waals surface area (Å²) in [6.07, 6.45) is 2.30. The van der Waals surface area contributed by atoms with Crippen LogP contribution < -0.4 is 0 Å². The van der Waals surface area contributed by atoms with Gasteiger partial charge in [0.25, 0.3) is 5.91 Å². The van der Waals surface area contributed by atoms with Crippen molar-refractivity contribution in [2.24, 2.45) is 0 Å². The Morgan fingerprint density at radius 3 is 2.57 bits per heavy atom. The summed E-state index contributed by atoms with van der Waals surface area (Å²) in [4.78, 5) is 17.6. The number of benzene rings is 2. The van der Waals surface area contributed by atoms with Crippen LogP contribution in [0.3, 0.4) is 0 Å². The maximum absolute atomic E-state index is 13.4. The summed E-state index contributed by atoms with van der Waals surface area (Å²) >= 11 is 6.18. The first-order valence-corrected chi connectivity index (χ1v) is 10.2. The van der Waals surface area contributed by atoms with Crippen molar-refractivity contribution >= 4 is 17.5 Å². The van der Waals surface area contributed by atoms with Gasteiger partial charge in [0.15, 0.2) is 0 Å². The second-order valence-electron chi connectivity index (χ2n) is 7.40. The Morgan fingerprint density at radius 2 is 1.86 bits per heavy atom. The molecule has 0 unspecified atom stereocenters. The molecule has 2 atom stereocenters. The molecule has 0 radical (unpaired) electrons. The summed E-state index contributed by atoms with van der Waals surface area (Å²) in [6, 6.07) is 13.7. The number of halogens is 2. The standard InChI is InChI=1S/C22H24ClFN2O2/c23-19-14-17(24)8-9-18(19)22(27)26-12-13-28-20(15-25-10-4-5-11-25)21(26)16-6-2-1-3-7-16/h1-3,6-9,14,20-21H,4-5,10-13,15H2/t20-,21-/m0/s1. The summed E-state index contributed by atoms with van der Waals surface area (Å²) < 4.78 is 19.6. The molecule has 28 heavy (non-hydrogen) atoms. The number of hydrogen-bond donors (Lipinski definition) is 0. The van der Waals surface area contributed by atoms with Gasteiger partial charge in [-0.05, 0) is 49.7 Å². The van der Waals surface area contributed by atoms with Crippen molar-refractivity contribution in [2.75, 3.05) is 32.8 Å². The number of carbonyl (C=O) groups excluding carboxylic acids is 1. The molecule has 2 aromatic carbocycles. The average molecular weight is 403 g/mol. The Morgan fingerprint density at radius 1 is 1.11 bits per heavy atom. The molecular formula is C22H24ClFN2O2. The van der Waals surface area contributed by atoms with E-state index in [-0.39, 0.29) is 23.1 Å². The van der Waals surface area contributed by atoms with Crippen LogP contribution in [0.2, 0.25) is 5.02 Å². The van der Waals surface area contributed by atoms with Crippen LogP contribution in [0.25, 0.3) is 0 Å². The first-order valence-electron chi connectivity index (χ1n) is 9.78. The molecule has 0 saturated carbocycles. The van der Waals surface area contributed by atoms with Crippen LogP contribution in [0.15, 0.2) is 48.5 Å². The third-order valence-electron chi connectivity index (χ3n) is 5.55. The second kappa shape index (κ2) is 8.60. The fraction of sp³-hybridized carbons (Fsp3) is 0.409. The largest absolute Gasteiger partial charge is 0.373 e. The van der Waals surface area contributed by atoms with E-state index in [9.17, 15) is 9.18 Å². The molecule has 0 aromatic heterocycles. The van der Waals surface area contributed by atoms with Gasteiger partial charge >= 0.3 is 0 Å². The minimum Gasteiger partial charge on any atom is -0.373 e. The van der Waals surface area contributed by atoms with E-state index in [4.69, 9.17) is 16.3 Å². The van der Waals surface area contributed by atoms with Crippen molar-refractivity contribution in [3.8, 4) is 0 Å². The molecule has 2 aromatic rings. The van der Waals surface area contributed by atoms with E-state index < -0.39 is 5.82 Å². The molecule has 2 heterocycles. The molecule has 0 aliphatic carbocycles. The van der Waals surface area contributed by atoms with Crippen molar-refractivity contribution in [3.05, 3.63) is 70.5 Å². The number of likely N-dealkylation sites (tertiary alicyclic amines) is 1. The maximum Gasteiger partial charge on any atom is 0.256 e. The van der Waals surface area contributed by atoms with Gasteiger partial charge in [0.05, 0.1) is 29.3 Å². The molecule has 1 amide bonds. The smallest absolute Gasteiger partial charge is 0.256 e. The van der Waals surface area contributed by atoms with Gasteiger partial charge in [-0.2, -0.15) is 0 Å². The molecule has 2 aliphatic heterocycles. The van der Waals surface area contributed by atoms with Crippen LogP contribution in [-0.2, 0) is 4.74 Å². The lowest BCUT2D eigenvalue weighted by molar-refractivity contribution is -0.0707. The number of morpholine rings is 1. The van der Waals surface area contributed by atoms with E-state index in [0.29, 0.717) is 18.7 Å². The molecule has 148 valence electrons. The first kappa shape index (κ1) is 19.4. The van der Waals surface area contributed by atoms with E-state index >= 15 is 0 Å². The molecule has 6 heteroatoms. The van der Waals surface area contributed by atoms with Crippen molar-refractivity contribution in [1.82, 2.24) is 9.80 Å². The molecule has 2 aliphatic rings. The van der Waals surface area contributed by atoms with Gasteiger partial charge in [-0.25, -0.2) is 4.39 Å². The SMILES string of the molecule is O=C(c1ccc(F)cc1Cl)N1CCO[C@@H](CN2CCCC2)[C@@H]1c1ccccc1. The highest BCUT2D eigenvalue weighted by Gasteiger charge is 2.38. The fourth-order valence-corrected chi connectivity index (χ4v) is 4.44. The van der Waals surface area contributed by atoms with E-state index in [2.05, 4.69) is 4.90 Å². The molecule has 2 fully saturated rings. The van der Waals surface area contributed by atoms with Gasteiger partial charge in [0, 0.05) is 13.1 Å². The van der Waals surface area contributed by atoms with Crippen LogP contribution in [0.5, 0.6) is 0 Å². The summed E-state index contributed by atoms with van der Waals surface area (Å²) in [5.74, 6) is -0.636. The summed E-state index contributed by atoms with van der Waals surface area (Å²) in [7, 11) is 0. The third kappa shape index (κ3) is 4.07. The molecule has 0 bridgehead atoms. The highest BCUT2D eigenvalue weighted by atomic mass is 35.5. The molecule has 2 saturated heterocycles. The van der Waals surface area contributed by atoms with Gasteiger partial charge < -0.3 is 14.5 Å². The van der Waals surface area contributed by atoms with E-state index in [1.54, 1.807) is 0 Å². The Labute approximate surface area is 169 Å². The average Bonchev–Trinajstić information content (AvgIpc) is 3.21. The normalized spacial score (nSPS) is 23.1. The predicted molar refractivity (Wildman–Crippen MR) is 107 cm³/mol. The highest BCUT2D eigenvalue weighted by Crippen LogP contribution is 2.33. The highest BCUT2D eigenvalue weighted by molar-refractivity contribution is 6.33. The Hall–Kier alpha value is -1.95. The molecular weight excluding hydrogens is 379 g/mol. The lowest BCUT2D eigenvalue weighted by Crippen LogP contribution is -2.51. The lowest BCUT2D eigenvalue weighted by atomic mass is 9.96. The Balaban J connectivity index is 1.66. The first-order chi connectivity index (χ1) is 13.6. The van der Waals surface area contributed by atoms with Crippen molar-refractivity contribution in [2.45, 2.75) is 25.0 Å². The van der Waals surface area contributed by atoms with E-state index in [0.717, 1.165) is 25.2 Å². The van der Waals surface area contributed by atoms with Gasteiger partial charge in [0.1, 0.15) is 5.82 Å². The number of carbonyl (C=O) groups is 1. The zero-order valence-corrected chi connectivity index (χ0v) is 16.4. The lowest BCUT2D eigenvalue weighted by Gasteiger charge is -2.43. The van der Waals surface area contributed by atoms with E-state index in [1.165, 1.54) is 31.0 Å². The molecule has 4 rings (SSSR count). The minimum atomic E-state index is -0.449. The van der Waals surface area contributed by atoms with Crippen LogP contribution in [0.4, 0.5) is 4.39 Å². The van der Waals surface area contributed by atoms with Crippen LogP contribution >= 0.6 is 11.6 Å². The summed E-state index contributed by atoms with van der Waals surface area (Å²) in [6.45, 7) is 3.88. The topological polar surface area (TPSA) is 32.8 Å². The van der Waals surface area contributed by atoms with Gasteiger partial charge in [-0.3, -0.25) is 4.79 Å². The van der Waals surface area contributed by atoms with Crippen molar-refractivity contribution in [3.63, 3.8) is 0 Å². The monoisotopic (exact) mass is 402 g/mol. The molecule has 4 nitrogen and oxygen atoms in total. The number of nitrogens with zero attached hydrogens (tertiary/aromatic N) is 2. The van der Waals surface area contributed by atoms with Crippen molar-refractivity contribution < 1.29 is 13.9 Å². The van der Waals surface area contributed by atoms with Crippen molar-refractivity contribution in [1.29, 1.82) is 0 Å². The van der Waals surface area contributed by atoms with Gasteiger partial charge in [-0.1, -0.05) is 41.9 Å². The number of amides is 1. The van der Waals surface area contributed by atoms with Gasteiger partial charge in [0.2, 0.25) is 0 Å². The molecule has 0 N–H and O–H groups in total. The number of hydrogen-bond acceptors (Lipinski definition) is 3. The predicted octanol–water partition coefficient (Wildman–Crippen LogP) is 4.16. The zero-order valence-electron chi connectivity index (χ0n) is 15.7. The van der Waals surface area contributed by atoms with Gasteiger partial charge in [-0.15, -0.1) is 0 Å².